The van der Waals surface area contributed by atoms with Crippen molar-refractivity contribution in [2.45, 2.75) is 39.2 Å². The molecule has 2 aromatic carbocycles. The molecular weight excluding hydrogens is 434 g/mol. The fraction of sp³-hybridized carbons (Fsp3) is 0.409. The first-order chi connectivity index (χ1) is 15.1. The molecule has 0 aliphatic carbocycles. The van der Waals surface area contributed by atoms with Crippen molar-refractivity contribution in [3.63, 3.8) is 0 Å². The largest absolute Gasteiger partial charge is 0.495 e. The van der Waals surface area contributed by atoms with Gasteiger partial charge in [0.2, 0.25) is 15.9 Å². The standard InChI is InChI=1S/C22H29N3O6S/c1-5-17-8-10-18(11-9-17)16(2)23-22(26)7-6-14-24(32(4,29)30)20-15-19(25(27)28)12-13-21(20)31-3/h8-13,15-16H,5-7,14H2,1-4H3,(H,23,26). The summed E-state index contributed by atoms with van der Waals surface area (Å²) in [4.78, 5) is 22.9. The molecule has 1 amide bonds. The van der Waals surface area contributed by atoms with Crippen molar-refractivity contribution < 1.29 is 22.9 Å². The third-order valence-electron chi connectivity index (χ3n) is 5.07. The zero-order valence-corrected chi connectivity index (χ0v) is 19.5. The number of non-ortho nitro benzene ring substituents is 1. The zero-order chi connectivity index (χ0) is 23.9. The number of nitro benzene ring substituents is 1. The van der Waals surface area contributed by atoms with Crippen molar-refractivity contribution in [3.8, 4) is 5.75 Å². The molecule has 2 rings (SSSR count). The number of benzene rings is 2. The highest BCUT2D eigenvalue weighted by molar-refractivity contribution is 7.92. The number of methoxy groups -OCH3 is 1. The molecule has 10 heteroatoms. The Hall–Kier alpha value is -3.14. The second-order valence-corrected chi connectivity index (χ2v) is 9.34. The van der Waals surface area contributed by atoms with E-state index in [-0.39, 0.29) is 48.5 Å². The number of hydrogen-bond donors (Lipinski definition) is 1. The maximum atomic E-state index is 12.4. The Bertz CT molecular complexity index is 1050. The highest BCUT2D eigenvalue weighted by Crippen LogP contribution is 2.33. The summed E-state index contributed by atoms with van der Waals surface area (Å²) in [6, 6.07) is 11.6. The van der Waals surface area contributed by atoms with Crippen LogP contribution in [0.2, 0.25) is 0 Å². The van der Waals surface area contributed by atoms with Crippen LogP contribution in [-0.4, -0.2) is 39.2 Å². The Morgan fingerprint density at radius 3 is 2.41 bits per heavy atom. The molecule has 0 fully saturated rings. The van der Waals surface area contributed by atoms with Crippen molar-refractivity contribution >= 4 is 27.3 Å². The predicted molar refractivity (Wildman–Crippen MR) is 123 cm³/mol. The van der Waals surface area contributed by atoms with Crippen LogP contribution in [0.1, 0.15) is 43.9 Å². The summed E-state index contributed by atoms with van der Waals surface area (Å²) < 4.78 is 31.0. The molecule has 0 aliphatic heterocycles. The number of aryl methyl sites for hydroxylation is 1. The normalized spacial score (nSPS) is 12.1. The number of nitro groups is 1. The van der Waals surface area contributed by atoms with E-state index in [9.17, 15) is 23.3 Å². The number of nitrogens with zero attached hydrogens (tertiary/aromatic N) is 2. The molecule has 0 saturated carbocycles. The second-order valence-electron chi connectivity index (χ2n) is 7.44. The van der Waals surface area contributed by atoms with Gasteiger partial charge >= 0.3 is 0 Å². The lowest BCUT2D eigenvalue weighted by molar-refractivity contribution is -0.384. The van der Waals surface area contributed by atoms with Crippen LogP contribution in [0.25, 0.3) is 0 Å². The summed E-state index contributed by atoms with van der Waals surface area (Å²) in [5.74, 6) is -0.0221. The minimum absolute atomic E-state index is 0.0244. The maximum Gasteiger partial charge on any atom is 0.271 e. The van der Waals surface area contributed by atoms with Crippen LogP contribution in [0, 0.1) is 10.1 Å². The van der Waals surface area contributed by atoms with E-state index in [4.69, 9.17) is 4.74 Å². The fourth-order valence-corrected chi connectivity index (χ4v) is 4.23. The summed E-state index contributed by atoms with van der Waals surface area (Å²) in [6.45, 7) is 3.93. The smallest absolute Gasteiger partial charge is 0.271 e. The Morgan fingerprint density at radius 1 is 1.22 bits per heavy atom. The topological polar surface area (TPSA) is 119 Å². The Kier molecular flexibility index (Phi) is 8.59. The van der Waals surface area contributed by atoms with E-state index >= 15 is 0 Å². The van der Waals surface area contributed by atoms with Crippen LogP contribution in [-0.2, 0) is 21.2 Å². The van der Waals surface area contributed by atoms with Crippen LogP contribution < -0.4 is 14.4 Å². The van der Waals surface area contributed by atoms with Gasteiger partial charge in [-0.1, -0.05) is 31.2 Å². The van der Waals surface area contributed by atoms with Gasteiger partial charge in [0.05, 0.1) is 24.3 Å². The lowest BCUT2D eigenvalue weighted by Crippen LogP contribution is -2.33. The van der Waals surface area contributed by atoms with E-state index in [1.54, 1.807) is 0 Å². The maximum absolute atomic E-state index is 12.4. The van der Waals surface area contributed by atoms with Crippen LogP contribution in [0.15, 0.2) is 42.5 Å². The van der Waals surface area contributed by atoms with E-state index < -0.39 is 14.9 Å². The van der Waals surface area contributed by atoms with Gasteiger partial charge in [-0.2, -0.15) is 0 Å². The first kappa shape index (κ1) is 25.1. The molecule has 0 aromatic heterocycles. The number of carbonyl (C=O) groups excluding carboxylic acids is 1. The number of rotatable bonds is 11. The van der Waals surface area contributed by atoms with Gasteiger partial charge in [0.1, 0.15) is 11.4 Å². The van der Waals surface area contributed by atoms with Crippen molar-refractivity contribution in [2.75, 3.05) is 24.2 Å². The van der Waals surface area contributed by atoms with E-state index in [0.29, 0.717) is 0 Å². The average molecular weight is 464 g/mol. The number of hydrogen-bond acceptors (Lipinski definition) is 6. The van der Waals surface area contributed by atoms with Crippen molar-refractivity contribution in [1.82, 2.24) is 5.32 Å². The molecule has 1 atom stereocenters. The first-order valence-electron chi connectivity index (χ1n) is 10.2. The number of nitrogens with one attached hydrogen (secondary N) is 1. The second kappa shape index (κ2) is 10.9. The molecule has 174 valence electrons. The molecular formula is C22H29N3O6S. The van der Waals surface area contributed by atoms with Gasteiger partial charge in [0.25, 0.3) is 5.69 Å². The molecule has 9 nitrogen and oxygen atoms in total. The Balaban J connectivity index is 2.06. The lowest BCUT2D eigenvalue weighted by Gasteiger charge is -2.24. The number of amides is 1. The van der Waals surface area contributed by atoms with Gasteiger partial charge in [-0.25, -0.2) is 8.42 Å². The van der Waals surface area contributed by atoms with E-state index in [0.717, 1.165) is 28.6 Å². The summed E-state index contributed by atoms with van der Waals surface area (Å²) >= 11 is 0. The van der Waals surface area contributed by atoms with E-state index in [1.165, 1.54) is 24.8 Å². The van der Waals surface area contributed by atoms with Crippen LogP contribution in [0.5, 0.6) is 5.75 Å². The number of carbonyl (C=O) groups is 1. The summed E-state index contributed by atoms with van der Waals surface area (Å²) in [7, 11) is -2.41. The summed E-state index contributed by atoms with van der Waals surface area (Å²) in [5, 5.41) is 14.0. The fourth-order valence-electron chi connectivity index (χ4n) is 3.27. The molecule has 0 aliphatic rings. The molecule has 1 N–H and O–H groups in total. The quantitative estimate of drug-likeness (QED) is 0.402. The monoisotopic (exact) mass is 463 g/mol. The molecule has 0 spiro atoms. The van der Waals surface area contributed by atoms with Crippen molar-refractivity contribution in [2.24, 2.45) is 0 Å². The molecule has 0 saturated heterocycles. The van der Waals surface area contributed by atoms with Gasteiger partial charge in [-0.3, -0.25) is 19.2 Å². The third-order valence-corrected chi connectivity index (χ3v) is 6.25. The van der Waals surface area contributed by atoms with Gasteiger partial charge in [0, 0.05) is 25.1 Å². The molecule has 0 bridgehead atoms. The van der Waals surface area contributed by atoms with Crippen LogP contribution >= 0.6 is 0 Å². The number of ether oxygens (including phenoxy) is 1. The van der Waals surface area contributed by atoms with Gasteiger partial charge in [-0.15, -0.1) is 0 Å². The minimum atomic E-state index is -3.76. The molecule has 1 unspecified atom stereocenters. The van der Waals surface area contributed by atoms with Crippen LogP contribution in [0.4, 0.5) is 11.4 Å². The van der Waals surface area contributed by atoms with Gasteiger partial charge in [-0.05, 0) is 37.0 Å². The van der Waals surface area contributed by atoms with Gasteiger partial charge < -0.3 is 10.1 Å². The molecule has 0 heterocycles. The SMILES string of the molecule is CCc1ccc(C(C)NC(=O)CCCN(c2cc([N+](=O)[O-])ccc2OC)S(C)(=O)=O)cc1. The number of anilines is 1. The van der Waals surface area contributed by atoms with Crippen LogP contribution in [0.3, 0.4) is 0 Å². The molecule has 2 aromatic rings. The Morgan fingerprint density at radius 2 is 1.88 bits per heavy atom. The highest BCUT2D eigenvalue weighted by Gasteiger charge is 2.24. The van der Waals surface area contributed by atoms with Crippen molar-refractivity contribution in [3.05, 3.63) is 63.7 Å². The average Bonchev–Trinajstić information content (AvgIpc) is 2.75. The minimum Gasteiger partial charge on any atom is -0.495 e. The Labute approximate surface area is 188 Å². The predicted octanol–water partition coefficient (Wildman–Crippen LogP) is 3.59. The van der Waals surface area contributed by atoms with E-state index in [2.05, 4.69) is 12.2 Å². The third kappa shape index (κ3) is 6.68. The highest BCUT2D eigenvalue weighted by atomic mass is 32.2. The molecule has 0 radical (unpaired) electrons. The van der Waals surface area contributed by atoms with Crippen molar-refractivity contribution in [1.29, 1.82) is 0 Å². The summed E-state index contributed by atoms with van der Waals surface area (Å²) in [5.41, 5.74) is 2.00. The summed E-state index contributed by atoms with van der Waals surface area (Å²) in [6.07, 6.45) is 2.27. The van der Waals surface area contributed by atoms with Gasteiger partial charge in [0.15, 0.2) is 0 Å². The first-order valence-corrected chi connectivity index (χ1v) is 12.1. The zero-order valence-electron chi connectivity index (χ0n) is 18.7. The lowest BCUT2D eigenvalue weighted by atomic mass is 10.0. The number of sulfonamides is 1. The van der Waals surface area contributed by atoms with E-state index in [1.807, 2.05) is 31.2 Å². The molecule has 32 heavy (non-hydrogen) atoms.